The molecule has 0 radical (unpaired) electrons. The van der Waals surface area contributed by atoms with E-state index >= 15 is 0 Å². The first-order valence-corrected chi connectivity index (χ1v) is 5.12. The molecule has 72 valence electrons. The van der Waals surface area contributed by atoms with E-state index in [4.69, 9.17) is 0 Å². The van der Waals surface area contributed by atoms with Crippen molar-refractivity contribution in [1.29, 1.82) is 0 Å². The van der Waals surface area contributed by atoms with E-state index < -0.39 is 12.1 Å². The largest absolute Gasteiger partial charge is 0.322 e. The van der Waals surface area contributed by atoms with Crippen molar-refractivity contribution >= 4 is 34.5 Å². The Bertz CT molecular complexity index is 406. The smallest absolute Gasteiger partial charge is 0.322 e. The van der Waals surface area contributed by atoms with Crippen LogP contribution in [0.4, 0.5) is 4.79 Å². The van der Waals surface area contributed by atoms with Crippen molar-refractivity contribution < 1.29 is 9.59 Å². The number of carbonyl (C=O) groups is 2. The topological polar surface area (TPSA) is 58.2 Å². The highest BCUT2D eigenvalue weighted by molar-refractivity contribution is 14.1. The van der Waals surface area contributed by atoms with E-state index in [1.807, 2.05) is 24.3 Å². The van der Waals surface area contributed by atoms with Crippen molar-refractivity contribution in [3.8, 4) is 0 Å². The van der Waals surface area contributed by atoms with E-state index in [2.05, 4.69) is 33.2 Å². The number of amides is 3. The molecule has 14 heavy (non-hydrogen) atoms. The van der Waals surface area contributed by atoms with E-state index in [1.165, 1.54) is 0 Å². The van der Waals surface area contributed by atoms with Crippen molar-refractivity contribution in [3.63, 3.8) is 0 Å². The van der Waals surface area contributed by atoms with Gasteiger partial charge in [-0.1, -0.05) is 18.2 Å². The maximum absolute atomic E-state index is 11.3. The number of imide groups is 1. The molecule has 0 aliphatic carbocycles. The lowest BCUT2D eigenvalue weighted by atomic mass is 10.1. The van der Waals surface area contributed by atoms with Gasteiger partial charge in [-0.3, -0.25) is 10.1 Å². The Morgan fingerprint density at radius 1 is 1.21 bits per heavy atom. The Hall–Kier alpha value is -1.11. The number of carbonyl (C=O) groups excluding carboxylic acids is 2. The molecule has 5 heteroatoms. The van der Waals surface area contributed by atoms with Crippen LogP contribution < -0.4 is 10.6 Å². The molecule has 1 unspecified atom stereocenters. The number of nitrogens with one attached hydrogen (secondary N) is 2. The van der Waals surface area contributed by atoms with E-state index in [9.17, 15) is 9.59 Å². The third kappa shape index (κ3) is 1.59. The molecule has 2 rings (SSSR count). The number of hydrogen-bond acceptors (Lipinski definition) is 2. The maximum Gasteiger partial charge on any atom is 0.322 e. The van der Waals surface area contributed by atoms with Gasteiger partial charge in [-0.05, 0) is 34.2 Å². The predicted octanol–water partition coefficient (Wildman–Crippen LogP) is 1.17. The van der Waals surface area contributed by atoms with Crippen LogP contribution in [-0.4, -0.2) is 11.9 Å². The standard InChI is InChI=1S/C9H7IN2O2/c10-6-4-2-1-3-5(6)7-8(13)12-9(14)11-7/h1-4,7H,(H2,11,12,13,14). The van der Waals surface area contributed by atoms with Crippen LogP contribution in [0.1, 0.15) is 11.6 Å². The van der Waals surface area contributed by atoms with Crippen LogP contribution in [0, 0.1) is 3.57 Å². The van der Waals surface area contributed by atoms with Gasteiger partial charge in [0.15, 0.2) is 0 Å². The minimum Gasteiger partial charge on any atom is -0.322 e. The summed E-state index contributed by atoms with van der Waals surface area (Å²) in [4.78, 5) is 22.2. The van der Waals surface area contributed by atoms with Crippen molar-refractivity contribution in [3.05, 3.63) is 33.4 Å². The molecule has 1 heterocycles. The van der Waals surface area contributed by atoms with E-state index in [1.54, 1.807) is 0 Å². The maximum atomic E-state index is 11.3. The van der Waals surface area contributed by atoms with Crippen LogP contribution in [0.25, 0.3) is 0 Å². The normalized spacial score (nSPS) is 20.5. The third-order valence-electron chi connectivity index (χ3n) is 1.99. The first kappa shape index (κ1) is 9.45. The second kappa shape index (κ2) is 3.56. The minimum absolute atomic E-state index is 0.292. The highest BCUT2D eigenvalue weighted by Gasteiger charge is 2.31. The SMILES string of the molecule is O=C1NC(=O)C(c2ccccc2I)N1. The number of halogens is 1. The molecule has 1 aliphatic rings. The van der Waals surface area contributed by atoms with Gasteiger partial charge in [0.2, 0.25) is 0 Å². The van der Waals surface area contributed by atoms with Crippen LogP contribution >= 0.6 is 22.6 Å². The Kier molecular flexibility index (Phi) is 2.40. The molecule has 1 fully saturated rings. The van der Waals surface area contributed by atoms with E-state index in [0.29, 0.717) is 0 Å². The quantitative estimate of drug-likeness (QED) is 0.604. The van der Waals surface area contributed by atoms with E-state index in [-0.39, 0.29) is 5.91 Å². The molecule has 0 aromatic heterocycles. The predicted molar refractivity (Wildman–Crippen MR) is 58.6 cm³/mol. The number of hydrogen-bond donors (Lipinski definition) is 2. The summed E-state index contributed by atoms with van der Waals surface area (Å²) < 4.78 is 0.965. The monoisotopic (exact) mass is 302 g/mol. The zero-order valence-corrected chi connectivity index (χ0v) is 9.24. The average Bonchev–Trinajstić information content (AvgIpc) is 2.46. The first-order chi connectivity index (χ1) is 6.68. The fraction of sp³-hybridized carbons (Fsp3) is 0.111. The molecular weight excluding hydrogens is 295 g/mol. The zero-order chi connectivity index (χ0) is 10.1. The Labute approximate surface area is 94.2 Å². The van der Waals surface area contributed by atoms with Gasteiger partial charge >= 0.3 is 6.03 Å². The van der Waals surface area contributed by atoms with Crippen molar-refractivity contribution in [2.45, 2.75) is 6.04 Å². The Morgan fingerprint density at radius 3 is 2.50 bits per heavy atom. The minimum atomic E-state index is -0.546. The second-order valence-electron chi connectivity index (χ2n) is 2.92. The van der Waals surface area contributed by atoms with Crippen molar-refractivity contribution in [2.75, 3.05) is 0 Å². The average molecular weight is 302 g/mol. The van der Waals surface area contributed by atoms with Gasteiger partial charge in [0.1, 0.15) is 6.04 Å². The molecule has 2 N–H and O–H groups in total. The molecule has 3 amide bonds. The van der Waals surface area contributed by atoms with Gasteiger partial charge < -0.3 is 5.32 Å². The second-order valence-corrected chi connectivity index (χ2v) is 4.08. The third-order valence-corrected chi connectivity index (χ3v) is 2.97. The lowest BCUT2D eigenvalue weighted by molar-refractivity contribution is -0.120. The molecule has 1 aromatic rings. The molecule has 1 saturated heterocycles. The summed E-state index contributed by atoms with van der Waals surface area (Å²) in [5, 5.41) is 4.76. The molecule has 4 nitrogen and oxygen atoms in total. The van der Waals surface area contributed by atoms with Gasteiger partial charge in [-0.15, -0.1) is 0 Å². The lowest BCUT2D eigenvalue weighted by Gasteiger charge is -2.08. The summed E-state index contributed by atoms with van der Waals surface area (Å²) in [5.41, 5.74) is 0.830. The lowest BCUT2D eigenvalue weighted by Crippen LogP contribution is -2.22. The van der Waals surface area contributed by atoms with Crippen LogP contribution in [0.15, 0.2) is 24.3 Å². The van der Waals surface area contributed by atoms with Crippen molar-refractivity contribution in [1.82, 2.24) is 10.6 Å². The first-order valence-electron chi connectivity index (χ1n) is 4.04. The molecule has 1 aromatic carbocycles. The van der Waals surface area contributed by atoms with Gasteiger partial charge in [-0.2, -0.15) is 0 Å². The molecule has 0 bridgehead atoms. The number of urea groups is 1. The van der Waals surface area contributed by atoms with E-state index in [0.717, 1.165) is 9.13 Å². The summed E-state index contributed by atoms with van der Waals surface area (Å²) >= 11 is 2.14. The summed E-state index contributed by atoms with van der Waals surface area (Å²) in [6, 6.07) is 6.48. The highest BCUT2D eigenvalue weighted by atomic mass is 127. The Balaban J connectivity index is 2.36. The van der Waals surface area contributed by atoms with Gasteiger partial charge in [-0.25, -0.2) is 4.79 Å². The fourth-order valence-electron chi connectivity index (χ4n) is 1.34. The molecule has 0 spiro atoms. The molecule has 1 atom stereocenters. The number of rotatable bonds is 1. The van der Waals surface area contributed by atoms with Crippen molar-refractivity contribution in [2.24, 2.45) is 0 Å². The summed E-state index contributed by atoms with van der Waals surface area (Å²) in [7, 11) is 0. The Morgan fingerprint density at radius 2 is 1.93 bits per heavy atom. The van der Waals surface area contributed by atoms with Gasteiger partial charge in [0.05, 0.1) is 0 Å². The van der Waals surface area contributed by atoms with Crippen LogP contribution in [0.2, 0.25) is 0 Å². The van der Waals surface area contributed by atoms with Crippen LogP contribution in [0.5, 0.6) is 0 Å². The fourth-order valence-corrected chi connectivity index (χ4v) is 2.04. The highest BCUT2D eigenvalue weighted by Crippen LogP contribution is 2.21. The van der Waals surface area contributed by atoms with Gasteiger partial charge in [0, 0.05) is 3.57 Å². The van der Waals surface area contributed by atoms with Crippen LogP contribution in [-0.2, 0) is 4.79 Å². The summed E-state index contributed by atoms with van der Waals surface area (Å²) in [6.45, 7) is 0. The van der Waals surface area contributed by atoms with Crippen LogP contribution in [0.3, 0.4) is 0 Å². The number of benzene rings is 1. The van der Waals surface area contributed by atoms with Gasteiger partial charge in [0.25, 0.3) is 5.91 Å². The molecule has 1 aliphatic heterocycles. The zero-order valence-electron chi connectivity index (χ0n) is 7.08. The molecular formula is C9H7IN2O2. The molecule has 0 saturated carbocycles. The summed E-state index contributed by atoms with van der Waals surface area (Å²) in [6.07, 6.45) is 0. The summed E-state index contributed by atoms with van der Waals surface area (Å²) in [5.74, 6) is -0.292.